The van der Waals surface area contributed by atoms with E-state index < -0.39 is 0 Å². The molecule has 0 bridgehead atoms. The molecule has 0 spiro atoms. The largest absolute Gasteiger partial charge is 0.377 e. The van der Waals surface area contributed by atoms with Gasteiger partial charge in [-0.3, -0.25) is 11.3 Å². The minimum Gasteiger partial charge on any atom is -0.377 e. The lowest BCUT2D eigenvalue weighted by atomic mass is 10.2. The third-order valence-electron chi connectivity index (χ3n) is 1.59. The van der Waals surface area contributed by atoms with Crippen molar-refractivity contribution in [2.24, 2.45) is 5.84 Å². The van der Waals surface area contributed by atoms with E-state index in [9.17, 15) is 0 Å². The molecule has 0 aromatic heterocycles. The van der Waals surface area contributed by atoms with Crippen molar-refractivity contribution >= 4 is 0 Å². The summed E-state index contributed by atoms with van der Waals surface area (Å²) in [6, 6.07) is 0.370. The van der Waals surface area contributed by atoms with Gasteiger partial charge in [-0.05, 0) is 13.3 Å². The Hall–Kier alpha value is -0.120. The number of rotatable bonds is 1. The second kappa shape index (κ2) is 2.44. The summed E-state index contributed by atoms with van der Waals surface area (Å²) in [6.07, 6.45) is 1.33. The van der Waals surface area contributed by atoms with Crippen LogP contribution in [0.4, 0.5) is 0 Å². The minimum atomic E-state index is 0.292. The average molecular weight is 116 g/mol. The van der Waals surface area contributed by atoms with Crippen LogP contribution in [0.2, 0.25) is 0 Å². The molecule has 1 aliphatic rings. The van der Waals surface area contributed by atoms with Gasteiger partial charge in [0.05, 0.1) is 6.10 Å². The van der Waals surface area contributed by atoms with Crippen LogP contribution in [0.15, 0.2) is 0 Å². The zero-order valence-corrected chi connectivity index (χ0v) is 5.05. The molecule has 0 unspecified atom stereocenters. The molecule has 0 amide bonds. The molecule has 1 fully saturated rings. The Balaban J connectivity index is 2.30. The lowest BCUT2D eigenvalue weighted by Crippen LogP contribution is -2.39. The van der Waals surface area contributed by atoms with Crippen molar-refractivity contribution in [2.75, 3.05) is 6.61 Å². The van der Waals surface area contributed by atoms with E-state index in [4.69, 9.17) is 10.6 Å². The van der Waals surface area contributed by atoms with E-state index in [0.29, 0.717) is 12.1 Å². The molecule has 0 aromatic carbocycles. The Bertz CT molecular complexity index is 76.8. The van der Waals surface area contributed by atoms with E-state index in [1.807, 2.05) is 6.92 Å². The Morgan fingerprint density at radius 3 is 2.75 bits per heavy atom. The predicted octanol–water partition coefficient (Wildman–Crippen LogP) is -0.373. The molecule has 1 heterocycles. The maximum atomic E-state index is 5.21. The second-order valence-corrected chi connectivity index (χ2v) is 2.14. The van der Waals surface area contributed by atoms with Crippen LogP contribution in [0, 0.1) is 0 Å². The van der Waals surface area contributed by atoms with Crippen LogP contribution in [0.25, 0.3) is 0 Å². The smallest absolute Gasteiger partial charge is 0.0714 e. The van der Waals surface area contributed by atoms with Crippen LogP contribution in [-0.2, 0) is 4.74 Å². The highest BCUT2D eigenvalue weighted by atomic mass is 16.5. The summed E-state index contributed by atoms with van der Waals surface area (Å²) in [6.45, 7) is 2.87. The zero-order chi connectivity index (χ0) is 5.98. The lowest BCUT2D eigenvalue weighted by Gasteiger charge is -2.10. The molecule has 3 heteroatoms. The second-order valence-electron chi connectivity index (χ2n) is 2.14. The molecule has 8 heavy (non-hydrogen) atoms. The van der Waals surface area contributed by atoms with Crippen LogP contribution in [0.1, 0.15) is 13.3 Å². The number of ether oxygens (including phenoxy) is 1. The summed E-state index contributed by atoms with van der Waals surface area (Å²) in [4.78, 5) is 0. The van der Waals surface area contributed by atoms with E-state index in [1.54, 1.807) is 0 Å². The van der Waals surface area contributed by atoms with Gasteiger partial charge in [0.1, 0.15) is 0 Å². The molecule has 2 atom stereocenters. The number of nitrogens with one attached hydrogen (secondary N) is 1. The van der Waals surface area contributed by atoms with Gasteiger partial charge in [-0.15, -0.1) is 0 Å². The first-order valence-electron chi connectivity index (χ1n) is 2.92. The fourth-order valence-corrected chi connectivity index (χ4v) is 0.951. The lowest BCUT2D eigenvalue weighted by molar-refractivity contribution is 0.113. The fourth-order valence-electron chi connectivity index (χ4n) is 0.951. The molecule has 1 saturated heterocycles. The van der Waals surface area contributed by atoms with Crippen LogP contribution in [0.5, 0.6) is 0 Å². The minimum absolute atomic E-state index is 0.292. The normalized spacial score (nSPS) is 38.2. The van der Waals surface area contributed by atoms with Gasteiger partial charge in [0.25, 0.3) is 0 Å². The molecule has 0 aliphatic carbocycles. The standard InChI is InChI=1S/C5H12N2O/c1-4-5(7-6)2-3-8-4/h4-5,7H,2-3,6H2,1H3/t4-,5-/m1/s1. The molecule has 48 valence electrons. The van der Waals surface area contributed by atoms with E-state index in [-0.39, 0.29) is 0 Å². The highest BCUT2D eigenvalue weighted by molar-refractivity contribution is 4.76. The maximum Gasteiger partial charge on any atom is 0.0714 e. The van der Waals surface area contributed by atoms with Crippen molar-refractivity contribution in [1.29, 1.82) is 0 Å². The molecule has 3 N–H and O–H groups in total. The number of hydrazine groups is 1. The summed E-state index contributed by atoms with van der Waals surface area (Å²) in [7, 11) is 0. The monoisotopic (exact) mass is 116 g/mol. The van der Waals surface area contributed by atoms with Crippen molar-refractivity contribution < 1.29 is 4.74 Å². The van der Waals surface area contributed by atoms with Gasteiger partial charge < -0.3 is 4.74 Å². The van der Waals surface area contributed by atoms with E-state index in [1.165, 1.54) is 0 Å². The van der Waals surface area contributed by atoms with Crippen LogP contribution >= 0.6 is 0 Å². The van der Waals surface area contributed by atoms with Crippen LogP contribution in [0.3, 0.4) is 0 Å². The zero-order valence-electron chi connectivity index (χ0n) is 5.05. The van der Waals surface area contributed by atoms with Crippen molar-refractivity contribution in [1.82, 2.24) is 5.43 Å². The number of hydrogen-bond donors (Lipinski definition) is 2. The summed E-state index contributed by atoms with van der Waals surface area (Å²) in [5.41, 5.74) is 2.69. The number of nitrogens with two attached hydrogens (primary N) is 1. The summed E-state index contributed by atoms with van der Waals surface area (Å²) < 4.78 is 5.21. The Morgan fingerprint density at radius 2 is 2.50 bits per heavy atom. The molecule has 0 radical (unpaired) electrons. The molecule has 0 saturated carbocycles. The summed E-state index contributed by atoms with van der Waals surface area (Å²) >= 11 is 0. The quantitative estimate of drug-likeness (QED) is 0.363. The molecular formula is C5H12N2O. The van der Waals surface area contributed by atoms with Crippen molar-refractivity contribution in [3.63, 3.8) is 0 Å². The Kier molecular flexibility index (Phi) is 1.83. The summed E-state index contributed by atoms with van der Waals surface area (Å²) in [5.74, 6) is 5.19. The van der Waals surface area contributed by atoms with Gasteiger partial charge in [-0.1, -0.05) is 0 Å². The number of hydrogen-bond acceptors (Lipinski definition) is 3. The maximum absolute atomic E-state index is 5.21. The van der Waals surface area contributed by atoms with E-state index in [2.05, 4.69) is 5.43 Å². The molecule has 3 nitrogen and oxygen atoms in total. The molecule has 1 rings (SSSR count). The SMILES string of the molecule is C[C@H]1OCC[C@H]1NN. The van der Waals surface area contributed by atoms with Gasteiger partial charge in [-0.2, -0.15) is 0 Å². The van der Waals surface area contributed by atoms with E-state index >= 15 is 0 Å². The first kappa shape index (κ1) is 6.01. The highest BCUT2D eigenvalue weighted by Crippen LogP contribution is 2.10. The average Bonchev–Trinajstić information content (AvgIpc) is 2.14. The van der Waals surface area contributed by atoms with Gasteiger partial charge in [0.2, 0.25) is 0 Å². The van der Waals surface area contributed by atoms with Gasteiger partial charge in [0.15, 0.2) is 0 Å². The molecular weight excluding hydrogens is 104 g/mol. The van der Waals surface area contributed by atoms with Gasteiger partial charge in [-0.25, -0.2) is 0 Å². The van der Waals surface area contributed by atoms with Crippen LogP contribution in [-0.4, -0.2) is 18.8 Å². The third kappa shape index (κ3) is 0.992. The predicted molar refractivity (Wildman–Crippen MR) is 31.1 cm³/mol. The van der Waals surface area contributed by atoms with E-state index in [0.717, 1.165) is 13.0 Å². The highest BCUT2D eigenvalue weighted by Gasteiger charge is 2.21. The Labute approximate surface area is 49.2 Å². The van der Waals surface area contributed by atoms with Gasteiger partial charge in [0, 0.05) is 12.6 Å². The van der Waals surface area contributed by atoms with Crippen LogP contribution < -0.4 is 11.3 Å². The van der Waals surface area contributed by atoms with Crippen molar-refractivity contribution in [3.8, 4) is 0 Å². The van der Waals surface area contributed by atoms with Crippen molar-refractivity contribution in [2.45, 2.75) is 25.5 Å². The molecule has 0 aromatic rings. The summed E-state index contributed by atoms with van der Waals surface area (Å²) in [5, 5.41) is 0. The van der Waals surface area contributed by atoms with Crippen molar-refractivity contribution in [3.05, 3.63) is 0 Å². The first-order valence-corrected chi connectivity index (χ1v) is 2.92. The Morgan fingerprint density at radius 1 is 1.75 bits per heavy atom. The third-order valence-corrected chi connectivity index (χ3v) is 1.59. The molecule has 1 aliphatic heterocycles. The topological polar surface area (TPSA) is 47.3 Å². The van der Waals surface area contributed by atoms with Gasteiger partial charge >= 0.3 is 0 Å². The first-order chi connectivity index (χ1) is 3.84. The fraction of sp³-hybridized carbons (Fsp3) is 1.00.